The van der Waals surface area contributed by atoms with Gasteiger partial charge in [-0.3, -0.25) is 5.43 Å². The van der Waals surface area contributed by atoms with Crippen LogP contribution in [0.15, 0.2) is 10.2 Å². The molecule has 0 aliphatic heterocycles. The highest BCUT2D eigenvalue weighted by molar-refractivity contribution is 5.74. The van der Waals surface area contributed by atoms with Crippen molar-refractivity contribution in [2.45, 2.75) is 57.7 Å². The zero-order valence-corrected chi connectivity index (χ0v) is 11.9. The Kier molecular flexibility index (Phi) is 5.53. The number of urea groups is 1. The molecule has 0 radical (unpaired) electrons. The number of amides is 2. The molecule has 2 amide bonds. The third-order valence-corrected chi connectivity index (χ3v) is 2.79. The Morgan fingerprint density at radius 2 is 1.83 bits per heavy atom. The minimum atomic E-state index is -0.669. The van der Waals surface area contributed by atoms with Crippen molar-refractivity contribution in [1.29, 1.82) is 0 Å². The largest absolute Gasteiger partial charge is 0.331 e. The Morgan fingerprint density at radius 1 is 1.22 bits per heavy atom. The van der Waals surface area contributed by atoms with Gasteiger partial charge in [0.15, 0.2) is 0 Å². The zero-order chi connectivity index (χ0) is 13.6. The zero-order valence-electron chi connectivity index (χ0n) is 11.9. The smallest absolute Gasteiger partial charge is 0.311 e. The summed E-state index contributed by atoms with van der Waals surface area (Å²) in [6.07, 6.45) is 6.00. The van der Waals surface area contributed by atoms with Crippen molar-refractivity contribution < 1.29 is 4.79 Å². The lowest BCUT2D eigenvalue weighted by Crippen LogP contribution is -2.50. The molecular weight excluding hydrogens is 230 g/mol. The van der Waals surface area contributed by atoms with Crippen LogP contribution in [0.3, 0.4) is 0 Å². The van der Waals surface area contributed by atoms with Crippen molar-refractivity contribution in [3.63, 3.8) is 0 Å². The second-order valence-corrected chi connectivity index (χ2v) is 5.53. The maximum Gasteiger partial charge on any atom is 0.331 e. The van der Waals surface area contributed by atoms with Crippen LogP contribution in [0.2, 0.25) is 0 Å². The van der Waals surface area contributed by atoms with Gasteiger partial charge in [-0.15, -0.1) is 0 Å². The Labute approximate surface area is 109 Å². The van der Waals surface area contributed by atoms with Crippen LogP contribution in [-0.4, -0.2) is 36.8 Å². The predicted molar refractivity (Wildman–Crippen MR) is 71.2 cm³/mol. The summed E-state index contributed by atoms with van der Waals surface area (Å²) in [5.41, 5.74) is 1.95. The number of rotatable bonds is 4. The van der Waals surface area contributed by atoms with Gasteiger partial charge in [-0.1, -0.05) is 19.3 Å². The van der Waals surface area contributed by atoms with Gasteiger partial charge in [0.2, 0.25) is 0 Å². The molecule has 1 rings (SSSR count). The van der Waals surface area contributed by atoms with Crippen molar-refractivity contribution >= 4 is 6.03 Å². The van der Waals surface area contributed by atoms with E-state index >= 15 is 0 Å². The van der Waals surface area contributed by atoms with Gasteiger partial charge in [-0.05, 0) is 26.7 Å². The van der Waals surface area contributed by atoms with E-state index in [2.05, 4.69) is 21.0 Å². The topological polar surface area (TPSA) is 69.1 Å². The van der Waals surface area contributed by atoms with Crippen LogP contribution in [0.5, 0.6) is 0 Å². The van der Waals surface area contributed by atoms with Crippen LogP contribution in [0.25, 0.3) is 0 Å². The summed E-state index contributed by atoms with van der Waals surface area (Å²) in [4.78, 5) is 11.6. The van der Waals surface area contributed by atoms with E-state index in [4.69, 9.17) is 0 Å². The first-order valence-electron chi connectivity index (χ1n) is 6.57. The lowest BCUT2D eigenvalue weighted by atomic mass is 9.96. The molecule has 0 aromatic heterocycles. The fourth-order valence-corrected chi connectivity index (χ4v) is 1.96. The summed E-state index contributed by atoms with van der Waals surface area (Å²) in [5, 5.41) is 13.0. The molecule has 0 unspecified atom stereocenters. The Bertz CT molecular complexity index is 295. The van der Waals surface area contributed by atoms with E-state index in [-0.39, 0.29) is 6.03 Å². The van der Waals surface area contributed by atoms with Gasteiger partial charge in [-0.2, -0.15) is 10.2 Å². The van der Waals surface area contributed by atoms with Gasteiger partial charge in [-0.25, -0.2) is 9.80 Å². The van der Waals surface area contributed by atoms with E-state index in [1.807, 2.05) is 13.8 Å². The summed E-state index contributed by atoms with van der Waals surface area (Å²) in [6, 6.07) is 0.0596. The molecule has 0 aromatic carbocycles. The highest BCUT2D eigenvalue weighted by Gasteiger charge is 2.21. The van der Waals surface area contributed by atoms with Gasteiger partial charge in [0.05, 0.1) is 6.04 Å². The normalized spacial score (nSPS) is 18.3. The van der Waals surface area contributed by atoms with Crippen LogP contribution in [0, 0.1) is 0 Å². The number of hydrogen-bond donors (Lipinski definition) is 2. The predicted octanol–water partition coefficient (Wildman–Crippen LogP) is 2.28. The molecule has 104 valence electrons. The maximum atomic E-state index is 11.6. The Hall–Kier alpha value is -1.17. The van der Waals surface area contributed by atoms with Crippen LogP contribution in [0.4, 0.5) is 4.79 Å². The Morgan fingerprint density at radius 3 is 2.39 bits per heavy atom. The highest BCUT2D eigenvalue weighted by atomic mass is 16.2. The fourth-order valence-electron chi connectivity index (χ4n) is 1.96. The average molecular weight is 255 g/mol. The van der Waals surface area contributed by atoms with Crippen LogP contribution >= 0.6 is 0 Å². The van der Waals surface area contributed by atoms with Gasteiger partial charge in [0, 0.05) is 14.1 Å². The monoisotopic (exact) mass is 255 g/mol. The number of carbonyl (C=O) groups is 1. The fraction of sp³-hybridized carbons (Fsp3) is 0.917. The van der Waals surface area contributed by atoms with Crippen molar-refractivity contribution in [3.8, 4) is 0 Å². The molecular formula is C12H25N5O. The Balaban J connectivity index is 2.42. The third-order valence-electron chi connectivity index (χ3n) is 2.79. The highest BCUT2D eigenvalue weighted by Crippen LogP contribution is 2.21. The van der Waals surface area contributed by atoms with E-state index in [0.29, 0.717) is 6.04 Å². The van der Waals surface area contributed by atoms with Crippen LogP contribution in [-0.2, 0) is 0 Å². The minimum absolute atomic E-state index is 0.271. The summed E-state index contributed by atoms with van der Waals surface area (Å²) < 4.78 is 0. The second kappa shape index (κ2) is 6.68. The first-order valence-corrected chi connectivity index (χ1v) is 6.57. The molecule has 18 heavy (non-hydrogen) atoms. The summed E-state index contributed by atoms with van der Waals surface area (Å²) in [6.45, 7) is 3.68. The molecule has 0 spiro atoms. The van der Waals surface area contributed by atoms with E-state index in [1.165, 1.54) is 19.3 Å². The minimum Gasteiger partial charge on any atom is -0.311 e. The number of carbonyl (C=O) groups excluding carboxylic acids is 1. The number of hydrogen-bond acceptors (Lipinski definition) is 4. The molecule has 0 saturated heterocycles. The van der Waals surface area contributed by atoms with Crippen molar-refractivity contribution in [1.82, 2.24) is 15.8 Å². The van der Waals surface area contributed by atoms with E-state index in [1.54, 1.807) is 19.1 Å². The molecule has 0 atom stereocenters. The molecule has 0 aromatic rings. The van der Waals surface area contributed by atoms with Crippen molar-refractivity contribution in [2.75, 3.05) is 14.1 Å². The van der Waals surface area contributed by atoms with Crippen molar-refractivity contribution in [2.24, 2.45) is 10.2 Å². The molecule has 0 bridgehead atoms. The summed E-state index contributed by atoms with van der Waals surface area (Å²) >= 11 is 0. The number of nitrogens with one attached hydrogen (secondary N) is 2. The molecule has 1 fully saturated rings. The van der Waals surface area contributed by atoms with Gasteiger partial charge < -0.3 is 5.32 Å². The molecule has 0 heterocycles. The van der Waals surface area contributed by atoms with Gasteiger partial charge >= 0.3 is 6.03 Å². The number of hydrazine groups is 1. The van der Waals surface area contributed by atoms with Crippen LogP contribution in [0.1, 0.15) is 46.0 Å². The standard InChI is InChI=1S/C12H25N5O/c1-12(2,13-11(18)15-17(3)4)16-14-10-8-6-5-7-9-10/h10H,5-9H2,1-4H3,(H2,13,15,18)/b16-14+. The van der Waals surface area contributed by atoms with E-state index in [9.17, 15) is 4.79 Å². The summed E-state index contributed by atoms with van der Waals surface area (Å²) in [7, 11) is 3.52. The average Bonchev–Trinajstić information content (AvgIpc) is 2.26. The molecule has 1 saturated carbocycles. The maximum absolute atomic E-state index is 11.6. The van der Waals surface area contributed by atoms with Gasteiger partial charge in [0.25, 0.3) is 0 Å². The number of nitrogens with zero attached hydrogens (tertiary/aromatic N) is 3. The molecule has 1 aliphatic rings. The number of azo groups is 1. The van der Waals surface area contributed by atoms with E-state index < -0.39 is 5.66 Å². The molecule has 1 aliphatic carbocycles. The van der Waals surface area contributed by atoms with Crippen LogP contribution < -0.4 is 10.7 Å². The lowest BCUT2D eigenvalue weighted by molar-refractivity contribution is 0.201. The molecule has 6 nitrogen and oxygen atoms in total. The summed E-state index contributed by atoms with van der Waals surface area (Å²) in [5.74, 6) is 0. The third kappa shape index (κ3) is 5.95. The molecule has 6 heteroatoms. The first-order chi connectivity index (χ1) is 8.39. The van der Waals surface area contributed by atoms with Crippen molar-refractivity contribution in [3.05, 3.63) is 0 Å². The lowest BCUT2D eigenvalue weighted by Gasteiger charge is -2.24. The molecule has 2 N–H and O–H groups in total. The SMILES string of the molecule is CN(C)NC(=O)NC(C)(C)/N=N/C1CCCCC1. The van der Waals surface area contributed by atoms with Gasteiger partial charge in [0.1, 0.15) is 5.66 Å². The second-order valence-electron chi connectivity index (χ2n) is 5.53. The van der Waals surface area contributed by atoms with E-state index in [0.717, 1.165) is 12.8 Å². The first kappa shape index (κ1) is 14.9. The quantitative estimate of drug-likeness (QED) is 0.597.